The van der Waals surface area contributed by atoms with Gasteiger partial charge >= 0.3 is 0 Å². The highest BCUT2D eigenvalue weighted by atomic mass is 32.1. The maximum atomic E-state index is 12.2. The minimum atomic E-state index is -0.0364. The van der Waals surface area contributed by atoms with Gasteiger partial charge in [-0.15, -0.1) is 11.3 Å². The molecule has 0 saturated carbocycles. The van der Waals surface area contributed by atoms with E-state index in [-0.39, 0.29) is 5.91 Å². The van der Waals surface area contributed by atoms with Crippen LogP contribution in [-0.2, 0) is 20.0 Å². The maximum absolute atomic E-state index is 12.2. The highest BCUT2D eigenvalue weighted by Gasteiger charge is 2.22. The third kappa shape index (κ3) is 2.94. The van der Waals surface area contributed by atoms with E-state index in [1.54, 1.807) is 10.9 Å². The molecule has 1 atom stereocenters. The summed E-state index contributed by atoms with van der Waals surface area (Å²) in [5, 5.41) is 9.33. The highest BCUT2D eigenvalue weighted by molar-refractivity contribution is 7.10. The normalized spacial score (nSPS) is 16.3. The maximum Gasteiger partial charge on any atom is 0.254 e. The molecule has 22 heavy (non-hydrogen) atoms. The third-order valence-corrected chi connectivity index (χ3v) is 5.52. The molecule has 0 radical (unpaired) electrons. The van der Waals surface area contributed by atoms with Crippen molar-refractivity contribution >= 4 is 17.2 Å². The Balaban J connectivity index is 1.55. The Morgan fingerprint density at radius 2 is 2.36 bits per heavy atom. The second-order valence-corrected chi connectivity index (χ2v) is 6.92. The molecular formula is C16H22N4OS. The fourth-order valence-electron chi connectivity index (χ4n) is 2.83. The van der Waals surface area contributed by atoms with E-state index in [0.29, 0.717) is 18.2 Å². The van der Waals surface area contributed by atoms with Crippen LogP contribution in [0.4, 0.5) is 0 Å². The van der Waals surface area contributed by atoms with Crippen molar-refractivity contribution in [3.63, 3.8) is 0 Å². The first-order chi connectivity index (χ1) is 10.6. The van der Waals surface area contributed by atoms with E-state index in [1.807, 2.05) is 25.3 Å². The van der Waals surface area contributed by atoms with Gasteiger partial charge in [0.25, 0.3) is 5.91 Å². The monoisotopic (exact) mass is 318 g/mol. The Bertz CT molecular complexity index is 675. The number of rotatable bonds is 4. The molecule has 0 spiro atoms. The first kappa shape index (κ1) is 15.2. The Hall–Kier alpha value is -1.66. The van der Waals surface area contributed by atoms with Crippen molar-refractivity contribution in [2.75, 3.05) is 13.1 Å². The molecular weight excluding hydrogens is 296 g/mol. The number of carbonyl (C=O) groups is 1. The quantitative estimate of drug-likeness (QED) is 0.937. The minimum absolute atomic E-state index is 0.0364. The van der Waals surface area contributed by atoms with Crippen molar-refractivity contribution in [1.82, 2.24) is 20.0 Å². The van der Waals surface area contributed by atoms with E-state index < -0.39 is 0 Å². The first-order valence-corrected chi connectivity index (χ1v) is 8.50. The number of thiophene rings is 1. The van der Waals surface area contributed by atoms with Crippen LogP contribution < -0.4 is 5.32 Å². The fraction of sp³-hybridized carbons (Fsp3) is 0.500. The van der Waals surface area contributed by atoms with Crippen LogP contribution >= 0.6 is 11.3 Å². The Kier molecular flexibility index (Phi) is 4.31. The third-order valence-electron chi connectivity index (χ3n) is 4.50. The van der Waals surface area contributed by atoms with E-state index in [2.05, 4.69) is 33.7 Å². The molecule has 5 nitrogen and oxygen atoms in total. The molecule has 0 fully saturated rings. The van der Waals surface area contributed by atoms with Crippen molar-refractivity contribution in [2.24, 2.45) is 7.05 Å². The molecule has 1 aliphatic heterocycles. The van der Waals surface area contributed by atoms with Gasteiger partial charge in [0.05, 0.1) is 11.8 Å². The minimum Gasteiger partial charge on any atom is -0.350 e. The molecule has 118 valence electrons. The lowest BCUT2D eigenvalue weighted by Gasteiger charge is -2.32. The summed E-state index contributed by atoms with van der Waals surface area (Å²) in [5.41, 5.74) is 3.00. The molecule has 3 heterocycles. The number of hydrogen-bond acceptors (Lipinski definition) is 4. The lowest BCUT2D eigenvalue weighted by molar-refractivity contribution is 0.0932. The van der Waals surface area contributed by atoms with Crippen LogP contribution in [0.3, 0.4) is 0 Å². The highest BCUT2D eigenvalue weighted by Crippen LogP contribution is 2.24. The first-order valence-electron chi connectivity index (χ1n) is 7.62. The lowest BCUT2D eigenvalue weighted by atomic mass is 10.1. The van der Waals surface area contributed by atoms with Crippen LogP contribution in [0.25, 0.3) is 0 Å². The van der Waals surface area contributed by atoms with Crippen LogP contribution in [0.5, 0.6) is 0 Å². The Morgan fingerprint density at radius 1 is 1.55 bits per heavy atom. The largest absolute Gasteiger partial charge is 0.350 e. The van der Waals surface area contributed by atoms with Crippen molar-refractivity contribution in [1.29, 1.82) is 0 Å². The molecule has 2 aromatic rings. The van der Waals surface area contributed by atoms with Gasteiger partial charge in [-0.25, -0.2) is 0 Å². The van der Waals surface area contributed by atoms with Gasteiger partial charge in [0.2, 0.25) is 0 Å². The molecule has 1 N–H and O–H groups in total. The average molecular weight is 318 g/mol. The van der Waals surface area contributed by atoms with E-state index in [0.717, 1.165) is 25.2 Å². The predicted molar refractivity (Wildman–Crippen MR) is 88.2 cm³/mol. The second kappa shape index (κ2) is 6.22. The zero-order valence-corrected chi connectivity index (χ0v) is 14.1. The van der Waals surface area contributed by atoms with Crippen LogP contribution in [0.2, 0.25) is 0 Å². The molecule has 0 saturated heterocycles. The van der Waals surface area contributed by atoms with Gasteiger partial charge < -0.3 is 5.32 Å². The Morgan fingerprint density at radius 3 is 3.09 bits per heavy atom. The number of fused-ring (bicyclic) bond motifs is 1. The fourth-order valence-corrected chi connectivity index (χ4v) is 3.72. The van der Waals surface area contributed by atoms with Crippen LogP contribution in [0.15, 0.2) is 17.6 Å². The molecule has 1 amide bonds. The standard InChI is InChI=1S/C16H22N4OS/c1-11(20-6-4-15-13(10-20)5-7-22-15)8-17-16(21)14-9-18-19(3)12(14)2/h5,7,9,11H,4,6,8,10H2,1-3H3,(H,17,21)/t11-/m1/s1. The van der Waals surface area contributed by atoms with E-state index in [9.17, 15) is 4.79 Å². The van der Waals surface area contributed by atoms with Gasteiger partial charge in [-0.05, 0) is 37.3 Å². The number of carbonyl (C=O) groups excluding carboxylic acids is 1. The summed E-state index contributed by atoms with van der Waals surface area (Å²) in [6.07, 6.45) is 2.75. The van der Waals surface area contributed by atoms with Gasteiger partial charge in [-0.2, -0.15) is 5.10 Å². The number of nitrogens with zero attached hydrogens (tertiary/aromatic N) is 3. The van der Waals surface area contributed by atoms with E-state index in [1.165, 1.54) is 10.4 Å². The summed E-state index contributed by atoms with van der Waals surface area (Å²) in [6.45, 7) is 6.80. The topological polar surface area (TPSA) is 50.2 Å². The van der Waals surface area contributed by atoms with Crippen molar-refractivity contribution in [3.05, 3.63) is 39.3 Å². The van der Waals surface area contributed by atoms with E-state index in [4.69, 9.17) is 0 Å². The van der Waals surface area contributed by atoms with E-state index >= 15 is 0 Å². The van der Waals surface area contributed by atoms with Gasteiger partial charge in [-0.3, -0.25) is 14.4 Å². The Labute approximate surface area is 134 Å². The number of hydrogen-bond donors (Lipinski definition) is 1. The van der Waals surface area contributed by atoms with Crippen LogP contribution in [0.1, 0.15) is 33.4 Å². The smallest absolute Gasteiger partial charge is 0.254 e. The molecule has 0 bridgehead atoms. The number of aryl methyl sites for hydroxylation is 1. The zero-order valence-electron chi connectivity index (χ0n) is 13.3. The van der Waals surface area contributed by atoms with Crippen molar-refractivity contribution in [3.8, 4) is 0 Å². The van der Waals surface area contributed by atoms with Crippen molar-refractivity contribution < 1.29 is 4.79 Å². The van der Waals surface area contributed by atoms with Gasteiger partial charge in [0.1, 0.15) is 0 Å². The molecule has 0 unspecified atom stereocenters. The summed E-state index contributed by atoms with van der Waals surface area (Å²) in [5.74, 6) is -0.0364. The SMILES string of the molecule is Cc1c(C(=O)NC[C@@H](C)N2CCc3sccc3C2)cnn1C. The number of nitrogens with one attached hydrogen (secondary N) is 1. The molecule has 0 aromatic carbocycles. The van der Waals surface area contributed by atoms with Gasteiger partial charge in [0, 0.05) is 43.3 Å². The van der Waals surface area contributed by atoms with Crippen molar-refractivity contribution in [2.45, 2.75) is 32.9 Å². The number of aromatic nitrogens is 2. The molecule has 3 rings (SSSR count). The van der Waals surface area contributed by atoms with Gasteiger partial charge in [0.15, 0.2) is 0 Å². The van der Waals surface area contributed by atoms with Crippen LogP contribution in [-0.4, -0.2) is 39.7 Å². The molecule has 1 aliphatic rings. The summed E-state index contributed by atoms with van der Waals surface area (Å²) >= 11 is 1.85. The summed E-state index contributed by atoms with van der Waals surface area (Å²) in [7, 11) is 1.85. The van der Waals surface area contributed by atoms with Crippen LogP contribution in [0, 0.1) is 6.92 Å². The average Bonchev–Trinajstić information content (AvgIpc) is 3.11. The molecule has 0 aliphatic carbocycles. The molecule has 2 aromatic heterocycles. The number of amides is 1. The summed E-state index contributed by atoms with van der Waals surface area (Å²) in [6, 6.07) is 2.55. The molecule has 6 heteroatoms. The summed E-state index contributed by atoms with van der Waals surface area (Å²) in [4.78, 5) is 16.2. The predicted octanol–water partition coefficient (Wildman–Crippen LogP) is 1.97. The van der Waals surface area contributed by atoms with Gasteiger partial charge in [-0.1, -0.05) is 0 Å². The zero-order chi connectivity index (χ0) is 15.7. The second-order valence-electron chi connectivity index (χ2n) is 5.92. The summed E-state index contributed by atoms with van der Waals surface area (Å²) < 4.78 is 1.72. The lowest BCUT2D eigenvalue weighted by Crippen LogP contribution is -2.44.